The van der Waals surface area contributed by atoms with E-state index in [1.54, 1.807) is 18.5 Å². The van der Waals surface area contributed by atoms with Crippen LogP contribution in [0.5, 0.6) is 0 Å². The van der Waals surface area contributed by atoms with E-state index in [4.69, 9.17) is 5.11 Å². The van der Waals surface area contributed by atoms with Crippen molar-refractivity contribution in [3.05, 3.63) is 29.6 Å². The number of amides is 1. The molecule has 1 aromatic heterocycles. The molecule has 1 aliphatic heterocycles. The van der Waals surface area contributed by atoms with Crippen LogP contribution in [-0.2, 0) is 0 Å². The molecule has 0 saturated carbocycles. The van der Waals surface area contributed by atoms with Crippen LogP contribution in [0.1, 0.15) is 35.2 Å². The smallest absolute Gasteiger partial charge is 0.252 e. The Labute approximate surface area is 123 Å². The van der Waals surface area contributed by atoms with Gasteiger partial charge in [0.05, 0.1) is 17.7 Å². The number of rotatable bonds is 4. The van der Waals surface area contributed by atoms with Crippen molar-refractivity contribution in [1.29, 1.82) is 0 Å². The number of aromatic nitrogens is 1. The normalized spacial score (nSPS) is 17.4. The van der Waals surface area contributed by atoms with Gasteiger partial charge < -0.3 is 10.4 Å². The van der Waals surface area contributed by atoms with Crippen LogP contribution in [0.25, 0.3) is 0 Å². The predicted molar refractivity (Wildman–Crippen MR) is 80.6 cm³/mol. The number of hydrogen-bond acceptors (Lipinski definition) is 4. The maximum Gasteiger partial charge on any atom is 0.252 e. The molecule has 0 spiro atoms. The van der Waals surface area contributed by atoms with E-state index < -0.39 is 0 Å². The summed E-state index contributed by atoms with van der Waals surface area (Å²) < 4.78 is 0. The van der Waals surface area contributed by atoms with Gasteiger partial charge in [0.2, 0.25) is 0 Å². The first kappa shape index (κ1) is 14.9. The molecule has 0 aromatic carbocycles. The molecule has 1 aromatic rings. The molecular formula is C15H18N2O2S. The number of hydrogen-bond donors (Lipinski definition) is 2. The molecule has 1 fully saturated rings. The largest absolute Gasteiger partial charge is 0.395 e. The van der Waals surface area contributed by atoms with Crippen LogP contribution in [0.4, 0.5) is 0 Å². The van der Waals surface area contributed by atoms with Gasteiger partial charge in [-0.2, -0.15) is 11.8 Å². The third-order valence-electron chi connectivity index (χ3n) is 3.04. The van der Waals surface area contributed by atoms with E-state index in [9.17, 15) is 4.79 Å². The van der Waals surface area contributed by atoms with Crippen molar-refractivity contribution in [3.8, 4) is 11.8 Å². The van der Waals surface area contributed by atoms with Gasteiger partial charge >= 0.3 is 0 Å². The van der Waals surface area contributed by atoms with E-state index in [1.807, 2.05) is 11.8 Å². The SMILES string of the molecule is O=C(NCC1CCCS1)c1ccncc1C#CCCO. The number of nitrogens with zero attached hydrogens (tertiary/aromatic N) is 1. The summed E-state index contributed by atoms with van der Waals surface area (Å²) in [4.78, 5) is 16.2. The van der Waals surface area contributed by atoms with Crippen LogP contribution in [0.3, 0.4) is 0 Å². The van der Waals surface area contributed by atoms with Crippen molar-refractivity contribution < 1.29 is 9.90 Å². The molecule has 2 rings (SSSR count). The maximum absolute atomic E-state index is 12.2. The first-order valence-corrected chi connectivity index (χ1v) is 7.79. The number of carbonyl (C=O) groups is 1. The number of aliphatic hydroxyl groups excluding tert-OH is 1. The van der Waals surface area contributed by atoms with Crippen molar-refractivity contribution in [3.63, 3.8) is 0 Å². The minimum Gasteiger partial charge on any atom is -0.395 e. The maximum atomic E-state index is 12.2. The second kappa shape index (κ2) is 7.93. The molecular weight excluding hydrogens is 272 g/mol. The first-order chi connectivity index (χ1) is 9.81. The molecule has 1 saturated heterocycles. The minimum atomic E-state index is -0.104. The van der Waals surface area contributed by atoms with E-state index in [-0.39, 0.29) is 12.5 Å². The highest BCUT2D eigenvalue weighted by Gasteiger charge is 2.17. The van der Waals surface area contributed by atoms with Crippen LogP contribution < -0.4 is 5.32 Å². The first-order valence-electron chi connectivity index (χ1n) is 6.75. The Balaban J connectivity index is 1.99. The summed E-state index contributed by atoms with van der Waals surface area (Å²) in [6.45, 7) is 0.725. The summed E-state index contributed by atoms with van der Waals surface area (Å²) >= 11 is 1.92. The van der Waals surface area contributed by atoms with Gasteiger partial charge in [0.25, 0.3) is 5.91 Å². The molecule has 2 N–H and O–H groups in total. The van der Waals surface area contributed by atoms with Gasteiger partial charge in [0.1, 0.15) is 0 Å². The molecule has 20 heavy (non-hydrogen) atoms. The molecule has 1 atom stereocenters. The number of thioether (sulfide) groups is 1. The zero-order valence-electron chi connectivity index (χ0n) is 11.3. The summed E-state index contributed by atoms with van der Waals surface area (Å²) in [5, 5.41) is 12.2. The Morgan fingerprint density at radius 1 is 1.60 bits per heavy atom. The van der Waals surface area contributed by atoms with Crippen molar-refractivity contribution in [2.75, 3.05) is 18.9 Å². The van der Waals surface area contributed by atoms with E-state index in [0.29, 0.717) is 29.3 Å². The lowest BCUT2D eigenvalue weighted by Crippen LogP contribution is -2.30. The summed E-state index contributed by atoms with van der Waals surface area (Å²) in [5.41, 5.74) is 1.16. The number of aliphatic hydroxyl groups is 1. The highest BCUT2D eigenvalue weighted by molar-refractivity contribution is 8.00. The van der Waals surface area contributed by atoms with E-state index in [0.717, 1.165) is 0 Å². The minimum absolute atomic E-state index is 0.0215. The molecule has 5 heteroatoms. The second-order valence-electron chi connectivity index (χ2n) is 4.54. The quantitative estimate of drug-likeness (QED) is 0.824. The predicted octanol–water partition coefficient (Wildman–Crippen LogP) is 1.44. The molecule has 4 nitrogen and oxygen atoms in total. The Morgan fingerprint density at radius 2 is 2.50 bits per heavy atom. The summed E-state index contributed by atoms with van der Waals surface area (Å²) in [5.74, 6) is 6.79. The van der Waals surface area contributed by atoms with Crippen molar-refractivity contribution >= 4 is 17.7 Å². The lowest BCUT2D eigenvalue weighted by molar-refractivity contribution is 0.0953. The van der Waals surface area contributed by atoms with Gasteiger partial charge in [-0.1, -0.05) is 11.8 Å². The molecule has 0 radical (unpaired) electrons. The molecule has 0 bridgehead atoms. The van der Waals surface area contributed by atoms with E-state index in [1.165, 1.54) is 18.6 Å². The highest BCUT2D eigenvalue weighted by Crippen LogP contribution is 2.25. The van der Waals surface area contributed by atoms with Crippen LogP contribution in [0.15, 0.2) is 18.5 Å². The summed E-state index contributed by atoms with van der Waals surface area (Å²) in [6, 6.07) is 1.68. The number of pyridine rings is 1. The van der Waals surface area contributed by atoms with Crippen molar-refractivity contribution in [1.82, 2.24) is 10.3 Å². The van der Waals surface area contributed by atoms with E-state index >= 15 is 0 Å². The molecule has 2 heterocycles. The molecule has 0 aliphatic carbocycles. The Bertz CT molecular complexity index is 516. The van der Waals surface area contributed by atoms with Crippen LogP contribution in [0.2, 0.25) is 0 Å². The van der Waals surface area contributed by atoms with Crippen LogP contribution in [-0.4, -0.2) is 40.2 Å². The van der Waals surface area contributed by atoms with E-state index in [2.05, 4.69) is 22.1 Å². The lowest BCUT2D eigenvalue weighted by Gasteiger charge is -2.10. The Kier molecular flexibility index (Phi) is 5.90. The van der Waals surface area contributed by atoms with Crippen molar-refractivity contribution in [2.24, 2.45) is 0 Å². The molecule has 1 amide bonds. The summed E-state index contributed by atoms with van der Waals surface area (Å²) in [7, 11) is 0. The van der Waals surface area contributed by atoms with Crippen LogP contribution >= 0.6 is 11.8 Å². The Hall–Kier alpha value is -1.51. The fourth-order valence-corrected chi connectivity index (χ4v) is 3.21. The number of nitrogens with one attached hydrogen (secondary N) is 1. The topological polar surface area (TPSA) is 62.2 Å². The van der Waals surface area contributed by atoms with Gasteiger partial charge in [-0.15, -0.1) is 0 Å². The van der Waals surface area contributed by atoms with Gasteiger partial charge in [-0.3, -0.25) is 9.78 Å². The zero-order chi connectivity index (χ0) is 14.2. The standard InChI is InChI=1S/C15H18N2O2S/c18-8-2-1-4-12-10-16-7-6-14(12)15(19)17-11-13-5-3-9-20-13/h6-7,10,13,18H,2-3,5,8-9,11H2,(H,17,19). The third kappa shape index (κ3) is 4.26. The molecule has 106 valence electrons. The fourth-order valence-electron chi connectivity index (χ4n) is 2.01. The summed E-state index contributed by atoms with van der Waals surface area (Å²) in [6.07, 6.45) is 5.98. The average Bonchev–Trinajstić information content (AvgIpc) is 2.99. The second-order valence-corrected chi connectivity index (χ2v) is 5.95. The van der Waals surface area contributed by atoms with Gasteiger partial charge in [-0.05, 0) is 24.7 Å². The van der Waals surface area contributed by atoms with Crippen molar-refractivity contribution in [2.45, 2.75) is 24.5 Å². The highest BCUT2D eigenvalue weighted by atomic mass is 32.2. The van der Waals surface area contributed by atoms with Gasteiger partial charge in [0.15, 0.2) is 0 Å². The molecule has 1 aliphatic rings. The number of carbonyl (C=O) groups excluding carboxylic acids is 1. The average molecular weight is 290 g/mol. The van der Waals surface area contributed by atoms with Gasteiger partial charge in [-0.25, -0.2) is 0 Å². The van der Waals surface area contributed by atoms with Gasteiger partial charge in [0, 0.05) is 30.6 Å². The third-order valence-corrected chi connectivity index (χ3v) is 4.44. The zero-order valence-corrected chi connectivity index (χ0v) is 12.1. The van der Waals surface area contributed by atoms with Crippen LogP contribution in [0, 0.1) is 11.8 Å². The fraction of sp³-hybridized carbons (Fsp3) is 0.467. The molecule has 1 unspecified atom stereocenters. The monoisotopic (exact) mass is 290 g/mol. The lowest BCUT2D eigenvalue weighted by atomic mass is 10.1. The Morgan fingerprint density at radius 3 is 3.25 bits per heavy atom.